The maximum atomic E-state index is 14.8. The zero-order valence-corrected chi connectivity index (χ0v) is 22.4. The summed E-state index contributed by atoms with van der Waals surface area (Å²) in [7, 11) is -1.01. The van der Waals surface area contributed by atoms with Crippen molar-refractivity contribution in [2.75, 3.05) is 14.2 Å². The number of aryl methyl sites for hydroxylation is 2. The van der Waals surface area contributed by atoms with Crippen molar-refractivity contribution in [3.8, 4) is 11.5 Å². The Morgan fingerprint density at radius 2 is 1.47 bits per heavy atom. The number of benzene rings is 2. The van der Waals surface area contributed by atoms with E-state index in [1.807, 2.05) is 26.0 Å². The molecule has 3 rings (SSSR count). The van der Waals surface area contributed by atoms with E-state index >= 15 is 0 Å². The Balaban J connectivity index is 2.18. The van der Waals surface area contributed by atoms with Crippen LogP contribution in [0.15, 0.2) is 30.3 Å². The van der Waals surface area contributed by atoms with Crippen LogP contribution in [-0.2, 0) is 9.98 Å². The molecule has 0 N–H and O–H groups in total. The quantitative estimate of drug-likeness (QED) is 0.386. The van der Waals surface area contributed by atoms with Gasteiger partial charge in [0.15, 0.2) is 0 Å². The molecule has 0 saturated heterocycles. The van der Waals surface area contributed by atoms with Gasteiger partial charge in [0.1, 0.15) is 11.5 Å². The van der Waals surface area contributed by atoms with Crippen LogP contribution in [0.4, 0.5) is 0 Å². The summed E-state index contributed by atoms with van der Waals surface area (Å²) in [5.74, 6) is 0.793. The van der Waals surface area contributed by atoms with E-state index in [0.29, 0.717) is 24.2 Å². The summed E-state index contributed by atoms with van der Waals surface area (Å²) in [4.78, 5) is 28.2. The molecule has 6 heteroatoms. The second-order valence-electron chi connectivity index (χ2n) is 10.4. The van der Waals surface area contributed by atoms with Gasteiger partial charge in [-0.25, -0.2) is 0 Å². The van der Waals surface area contributed by atoms with Gasteiger partial charge < -0.3 is 14.0 Å². The Morgan fingerprint density at radius 1 is 0.882 bits per heavy atom. The van der Waals surface area contributed by atoms with E-state index in [1.165, 1.54) is 14.2 Å². The van der Waals surface area contributed by atoms with Gasteiger partial charge >= 0.3 is 0 Å². The maximum absolute atomic E-state index is 14.8. The molecule has 1 saturated carbocycles. The summed E-state index contributed by atoms with van der Waals surface area (Å²) in [5, 5.41) is 0. The topological polar surface area (TPSA) is 69.7 Å². The van der Waals surface area contributed by atoms with E-state index < -0.39 is 23.8 Å². The average Bonchev–Trinajstić information content (AvgIpc) is 2.81. The molecule has 1 aliphatic rings. The van der Waals surface area contributed by atoms with Crippen LogP contribution in [0.1, 0.15) is 90.3 Å². The smallest absolute Gasteiger partial charge is 0.232 e. The number of ether oxygens (including phenoxy) is 2. The highest BCUT2D eigenvalue weighted by Gasteiger charge is 2.49. The molecule has 0 spiro atoms. The Kier molecular flexibility index (Phi) is 7.77. The van der Waals surface area contributed by atoms with Crippen LogP contribution >= 0.6 is 7.14 Å². The molecule has 1 fully saturated rings. The first-order valence-electron chi connectivity index (χ1n) is 12.0. The summed E-state index contributed by atoms with van der Waals surface area (Å²) in [5.41, 5.74) is 1.57. The zero-order valence-electron chi connectivity index (χ0n) is 21.5. The molecule has 0 heterocycles. The second-order valence-corrected chi connectivity index (χ2v) is 13.2. The fourth-order valence-electron chi connectivity index (χ4n) is 4.92. The molecule has 2 aromatic rings. The Hall–Kier alpha value is -2.39. The fourth-order valence-corrected chi connectivity index (χ4v) is 8.09. The van der Waals surface area contributed by atoms with E-state index in [9.17, 15) is 14.2 Å². The highest BCUT2D eigenvalue weighted by atomic mass is 31.2. The Labute approximate surface area is 203 Å². The van der Waals surface area contributed by atoms with Gasteiger partial charge in [0, 0.05) is 17.3 Å². The van der Waals surface area contributed by atoms with Crippen molar-refractivity contribution in [3.63, 3.8) is 0 Å². The van der Waals surface area contributed by atoms with Crippen molar-refractivity contribution in [1.29, 1.82) is 0 Å². The van der Waals surface area contributed by atoms with Gasteiger partial charge in [-0.3, -0.25) is 9.59 Å². The first-order valence-corrected chi connectivity index (χ1v) is 13.8. The lowest BCUT2D eigenvalue weighted by atomic mass is 9.84. The van der Waals surface area contributed by atoms with Crippen LogP contribution in [-0.4, -0.2) is 30.9 Å². The van der Waals surface area contributed by atoms with Gasteiger partial charge in [-0.2, -0.15) is 0 Å². The third-order valence-electron chi connectivity index (χ3n) is 6.94. The van der Waals surface area contributed by atoms with Crippen LogP contribution < -0.4 is 9.47 Å². The number of carbonyl (C=O) groups is 2. The molecule has 34 heavy (non-hydrogen) atoms. The van der Waals surface area contributed by atoms with Crippen LogP contribution in [0.2, 0.25) is 0 Å². The van der Waals surface area contributed by atoms with E-state index in [4.69, 9.17) is 9.47 Å². The fraction of sp³-hybridized carbons (Fsp3) is 0.500. The van der Waals surface area contributed by atoms with E-state index in [2.05, 4.69) is 20.8 Å². The van der Waals surface area contributed by atoms with Crippen LogP contribution in [0, 0.1) is 13.8 Å². The molecule has 1 atom stereocenters. The van der Waals surface area contributed by atoms with Crippen molar-refractivity contribution in [3.05, 3.63) is 58.1 Å². The van der Waals surface area contributed by atoms with E-state index in [0.717, 1.165) is 36.0 Å². The third kappa shape index (κ3) is 4.86. The molecule has 0 aliphatic heterocycles. The summed E-state index contributed by atoms with van der Waals surface area (Å²) in [6.45, 7) is 10.1. The molecule has 1 aliphatic carbocycles. The predicted molar refractivity (Wildman–Crippen MR) is 137 cm³/mol. The van der Waals surface area contributed by atoms with Crippen LogP contribution in [0.3, 0.4) is 0 Å². The van der Waals surface area contributed by atoms with Gasteiger partial charge in [0.05, 0.1) is 19.8 Å². The van der Waals surface area contributed by atoms with Gasteiger partial charge in [-0.05, 0) is 60.9 Å². The maximum Gasteiger partial charge on any atom is 0.232 e. The molecular formula is C28H37O5P. The summed E-state index contributed by atoms with van der Waals surface area (Å²) < 4.78 is 25.5. The predicted octanol–water partition coefficient (Wildman–Crippen LogP) is 7.29. The lowest BCUT2D eigenvalue weighted by molar-refractivity contribution is 0.103. The summed E-state index contributed by atoms with van der Waals surface area (Å²) in [6, 6.07) is 8.77. The molecule has 184 valence electrons. The number of hydrogen-bond acceptors (Lipinski definition) is 5. The average molecular weight is 485 g/mol. The van der Waals surface area contributed by atoms with Crippen LogP contribution in [0.5, 0.6) is 11.5 Å². The van der Waals surface area contributed by atoms with Gasteiger partial charge in [-0.15, -0.1) is 0 Å². The molecule has 0 amide bonds. The standard InChI is InChI=1S/C28H37O5P/c1-18-15-20(28(3,4)5)16-19(2)25(18)27(30)34(31,22-11-9-8-10-12-22)26(29)23-14-13-21(32-6)17-24(23)33-7/h13-17,22H,8-12H2,1-7H3. The molecule has 2 aromatic carbocycles. The van der Waals surface area contributed by atoms with Crippen molar-refractivity contribution in [2.45, 2.75) is 77.8 Å². The zero-order chi connectivity index (χ0) is 25.3. The molecule has 0 aromatic heterocycles. The SMILES string of the molecule is COc1ccc(C(=O)P(=O)(C(=O)c2c(C)cc(C(C)(C)C)cc2C)C2CCCCC2)c(OC)c1. The van der Waals surface area contributed by atoms with Gasteiger partial charge in [0.2, 0.25) is 18.2 Å². The lowest BCUT2D eigenvalue weighted by Crippen LogP contribution is -2.25. The number of rotatable bonds is 7. The van der Waals surface area contributed by atoms with Crippen molar-refractivity contribution in [1.82, 2.24) is 0 Å². The molecule has 0 bridgehead atoms. The molecular weight excluding hydrogens is 447 g/mol. The minimum Gasteiger partial charge on any atom is -0.497 e. The number of methoxy groups -OCH3 is 2. The monoisotopic (exact) mass is 484 g/mol. The molecule has 1 unspecified atom stereocenters. The third-order valence-corrected chi connectivity index (χ3v) is 10.2. The first-order chi connectivity index (χ1) is 15.9. The second kappa shape index (κ2) is 10.1. The minimum atomic E-state index is -3.99. The van der Waals surface area contributed by atoms with Gasteiger partial charge in [-0.1, -0.05) is 52.2 Å². The Morgan fingerprint density at radius 3 is 1.97 bits per heavy atom. The Bertz CT molecular complexity index is 1110. The van der Waals surface area contributed by atoms with Gasteiger partial charge in [0.25, 0.3) is 0 Å². The van der Waals surface area contributed by atoms with E-state index in [-0.39, 0.29) is 16.7 Å². The normalized spacial score (nSPS) is 16.6. The van der Waals surface area contributed by atoms with Crippen molar-refractivity contribution < 1.29 is 23.6 Å². The molecule has 0 radical (unpaired) electrons. The largest absolute Gasteiger partial charge is 0.497 e. The minimum absolute atomic E-state index is 0.0869. The number of carbonyl (C=O) groups excluding carboxylic acids is 2. The van der Waals surface area contributed by atoms with E-state index in [1.54, 1.807) is 18.2 Å². The highest BCUT2D eigenvalue weighted by molar-refractivity contribution is 7.96. The number of hydrogen-bond donors (Lipinski definition) is 0. The first kappa shape index (κ1) is 26.2. The molecule has 5 nitrogen and oxygen atoms in total. The summed E-state index contributed by atoms with van der Waals surface area (Å²) in [6.07, 6.45) is 4.01. The summed E-state index contributed by atoms with van der Waals surface area (Å²) >= 11 is 0. The van der Waals surface area contributed by atoms with Crippen molar-refractivity contribution in [2.24, 2.45) is 0 Å². The van der Waals surface area contributed by atoms with Crippen LogP contribution in [0.25, 0.3) is 0 Å². The van der Waals surface area contributed by atoms with Crippen molar-refractivity contribution >= 4 is 18.2 Å². The lowest BCUT2D eigenvalue weighted by Gasteiger charge is -2.30. The highest BCUT2D eigenvalue weighted by Crippen LogP contribution is 2.61.